The third-order valence-electron chi connectivity index (χ3n) is 2.51. The Kier molecular flexibility index (Phi) is 7.10. The lowest BCUT2D eigenvalue weighted by Gasteiger charge is -1.95. The molecule has 1 rings (SSSR count). The summed E-state index contributed by atoms with van der Waals surface area (Å²) in [6, 6.07) is 0. The molecule has 0 N–H and O–H groups in total. The number of hydrogen-bond acceptors (Lipinski definition) is 0. The molecule has 0 aliphatic heterocycles. The second-order valence-electron chi connectivity index (χ2n) is 3.87. The first-order chi connectivity index (χ1) is 7.00. The first-order valence-electron chi connectivity index (χ1n) is 5.95. The average molecular weight is 190 g/mol. The van der Waals surface area contributed by atoms with E-state index in [1.165, 1.54) is 44.9 Å². The van der Waals surface area contributed by atoms with Crippen LogP contribution in [-0.4, -0.2) is 0 Å². The Morgan fingerprint density at radius 1 is 0.429 bits per heavy atom. The zero-order valence-electron chi connectivity index (χ0n) is 9.12. The van der Waals surface area contributed by atoms with Crippen LogP contribution in [0.25, 0.3) is 0 Å². The number of allylic oxidation sites excluding steroid dienone is 6. The highest BCUT2D eigenvalue weighted by atomic mass is 13.9. The lowest BCUT2D eigenvalue weighted by atomic mass is 10.1. The van der Waals surface area contributed by atoms with E-state index in [0.717, 1.165) is 6.42 Å². The molecule has 0 heterocycles. The molecule has 0 atom stereocenters. The van der Waals surface area contributed by atoms with Gasteiger partial charge in [-0.3, -0.25) is 0 Å². The lowest BCUT2D eigenvalue weighted by Crippen LogP contribution is -1.75. The summed E-state index contributed by atoms with van der Waals surface area (Å²) in [7, 11) is 0. The monoisotopic (exact) mass is 190 g/mol. The largest absolute Gasteiger partial charge is 0.0885 e. The van der Waals surface area contributed by atoms with E-state index in [9.17, 15) is 0 Å². The first-order valence-corrected chi connectivity index (χ1v) is 5.95. The minimum atomic E-state index is 1.12. The van der Waals surface area contributed by atoms with Crippen molar-refractivity contribution < 1.29 is 0 Å². The predicted molar refractivity (Wildman–Crippen MR) is 64.4 cm³/mol. The van der Waals surface area contributed by atoms with Crippen molar-refractivity contribution in [3.63, 3.8) is 0 Å². The molecule has 14 heavy (non-hydrogen) atoms. The van der Waals surface area contributed by atoms with Crippen molar-refractivity contribution in [1.29, 1.82) is 0 Å². The van der Waals surface area contributed by atoms with E-state index in [2.05, 4.69) is 36.5 Å². The van der Waals surface area contributed by atoms with Gasteiger partial charge in [-0.2, -0.15) is 0 Å². The van der Waals surface area contributed by atoms with E-state index < -0.39 is 0 Å². The molecular formula is C14H22. The third-order valence-corrected chi connectivity index (χ3v) is 2.51. The van der Waals surface area contributed by atoms with E-state index >= 15 is 0 Å². The summed E-state index contributed by atoms with van der Waals surface area (Å²) >= 11 is 0. The topological polar surface area (TPSA) is 0 Å². The fourth-order valence-corrected chi connectivity index (χ4v) is 1.62. The maximum atomic E-state index is 2.35. The fraction of sp³-hybridized carbons (Fsp3) is 0.571. The zero-order valence-corrected chi connectivity index (χ0v) is 9.12. The molecule has 0 aromatic heterocycles. The second kappa shape index (κ2) is 8.80. The summed E-state index contributed by atoms with van der Waals surface area (Å²) < 4.78 is 0. The molecule has 0 bridgehead atoms. The van der Waals surface area contributed by atoms with Crippen LogP contribution in [0.5, 0.6) is 0 Å². The van der Waals surface area contributed by atoms with Gasteiger partial charge in [0.15, 0.2) is 0 Å². The molecule has 0 saturated heterocycles. The highest BCUT2D eigenvalue weighted by molar-refractivity contribution is 4.93. The van der Waals surface area contributed by atoms with Crippen molar-refractivity contribution in [3.8, 4) is 0 Å². The molecule has 1 aliphatic rings. The minimum Gasteiger partial charge on any atom is -0.0885 e. The first kappa shape index (κ1) is 11.3. The van der Waals surface area contributed by atoms with Gasteiger partial charge in [0.05, 0.1) is 0 Å². The van der Waals surface area contributed by atoms with E-state index in [-0.39, 0.29) is 0 Å². The molecular weight excluding hydrogens is 168 g/mol. The Bertz CT molecular complexity index is 196. The molecule has 1 aliphatic carbocycles. The lowest BCUT2D eigenvalue weighted by molar-refractivity contribution is 0.757. The Balaban J connectivity index is 2.25. The molecule has 0 radical (unpaired) electrons. The summed E-state index contributed by atoms with van der Waals surface area (Å²) in [5, 5.41) is 0. The van der Waals surface area contributed by atoms with Gasteiger partial charge in [0.1, 0.15) is 0 Å². The van der Waals surface area contributed by atoms with Crippen molar-refractivity contribution in [2.24, 2.45) is 0 Å². The molecule has 0 unspecified atom stereocenters. The highest BCUT2D eigenvalue weighted by Crippen LogP contribution is 2.05. The summed E-state index contributed by atoms with van der Waals surface area (Å²) in [5.41, 5.74) is 0. The van der Waals surface area contributed by atoms with E-state index in [1.807, 2.05) is 0 Å². The van der Waals surface area contributed by atoms with Gasteiger partial charge in [0.2, 0.25) is 0 Å². The quantitative estimate of drug-likeness (QED) is 0.482. The normalized spacial score (nSPS) is 27.4. The van der Waals surface area contributed by atoms with Crippen LogP contribution in [0, 0.1) is 0 Å². The molecule has 0 heteroatoms. The van der Waals surface area contributed by atoms with Crippen molar-refractivity contribution in [1.82, 2.24) is 0 Å². The Morgan fingerprint density at radius 3 is 1.43 bits per heavy atom. The van der Waals surface area contributed by atoms with Crippen LogP contribution in [0.4, 0.5) is 0 Å². The molecule has 78 valence electrons. The Morgan fingerprint density at radius 2 is 0.857 bits per heavy atom. The van der Waals surface area contributed by atoms with Crippen molar-refractivity contribution >= 4 is 0 Å². The number of hydrogen-bond donors (Lipinski definition) is 0. The van der Waals surface area contributed by atoms with E-state index in [0.29, 0.717) is 0 Å². The number of rotatable bonds is 0. The smallest absolute Gasteiger partial charge is 0.0169 e. The zero-order chi connectivity index (χ0) is 9.90. The second-order valence-corrected chi connectivity index (χ2v) is 3.87. The Labute approximate surface area is 88.4 Å². The molecule has 0 amide bonds. The summed E-state index contributed by atoms with van der Waals surface area (Å²) in [6.45, 7) is 0. The van der Waals surface area contributed by atoms with Crippen molar-refractivity contribution in [2.45, 2.75) is 51.4 Å². The minimum absolute atomic E-state index is 1.12. The van der Waals surface area contributed by atoms with E-state index in [4.69, 9.17) is 0 Å². The van der Waals surface area contributed by atoms with E-state index in [1.54, 1.807) is 0 Å². The molecule has 0 nitrogen and oxygen atoms in total. The maximum Gasteiger partial charge on any atom is -0.0169 e. The van der Waals surface area contributed by atoms with Gasteiger partial charge >= 0.3 is 0 Å². The highest BCUT2D eigenvalue weighted by Gasteiger charge is 1.85. The van der Waals surface area contributed by atoms with Crippen LogP contribution in [-0.2, 0) is 0 Å². The SMILES string of the molecule is C1=C/CCC/C=C/CCCC/C=C/C/1. The van der Waals surface area contributed by atoms with Gasteiger partial charge in [0.25, 0.3) is 0 Å². The van der Waals surface area contributed by atoms with Crippen LogP contribution in [0.15, 0.2) is 36.5 Å². The van der Waals surface area contributed by atoms with Crippen molar-refractivity contribution in [3.05, 3.63) is 36.5 Å². The molecule has 0 aromatic rings. The van der Waals surface area contributed by atoms with Crippen LogP contribution in [0.1, 0.15) is 51.4 Å². The van der Waals surface area contributed by atoms with Gasteiger partial charge in [-0.1, -0.05) is 36.5 Å². The molecule has 0 spiro atoms. The van der Waals surface area contributed by atoms with Crippen LogP contribution in [0.3, 0.4) is 0 Å². The summed E-state index contributed by atoms with van der Waals surface area (Å²) in [5.74, 6) is 0. The van der Waals surface area contributed by atoms with Crippen molar-refractivity contribution in [2.75, 3.05) is 0 Å². The summed E-state index contributed by atoms with van der Waals surface area (Å²) in [6.07, 6.45) is 24.0. The maximum absolute atomic E-state index is 2.35. The van der Waals surface area contributed by atoms with Gasteiger partial charge in [-0.05, 0) is 51.4 Å². The summed E-state index contributed by atoms with van der Waals surface area (Å²) in [4.78, 5) is 0. The van der Waals surface area contributed by atoms with Gasteiger partial charge in [-0.15, -0.1) is 0 Å². The molecule has 0 aromatic carbocycles. The Hall–Kier alpha value is -0.780. The van der Waals surface area contributed by atoms with Gasteiger partial charge in [-0.25, -0.2) is 0 Å². The third kappa shape index (κ3) is 6.71. The van der Waals surface area contributed by atoms with Crippen LogP contribution in [0.2, 0.25) is 0 Å². The van der Waals surface area contributed by atoms with Crippen LogP contribution < -0.4 is 0 Å². The van der Waals surface area contributed by atoms with Crippen LogP contribution >= 0.6 is 0 Å². The van der Waals surface area contributed by atoms with Gasteiger partial charge < -0.3 is 0 Å². The predicted octanol–water partition coefficient (Wildman–Crippen LogP) is 4.79. The average Bonchev–Trinajstić information content (AvgIpc) is 2.22. The fourth-order valence-electron chi connectivity index (χ4n) is 1.62. The van der Waals surface area contributed by atoms with Gasteiger partial charge in [0, 0.05) is 0 Å². The molecule has 0 saturated carbocycles. The standard InChI is InChI=1S/C14H22/c1-2-4-6-8-10-12-14-13-11-9-7-5-3-1/h1-2,5,7,10,12H,3-4,6,8-9,11,13-14H2/b2-1+,7-5+,12-10+. The molecule has 0 fully saturated rings.